The Morgan fingerprint density at radius 1 is 0.950 bits per heavy atom. The van der Waals surface area contributed by atoms with Crippen LogP contribution >= 0.6 is 0 Å². The third-order valence-corrected chi connectivity index (χ3v) is 3.14. The lowest BCUT2D eigenvalue weighted by Gasteiger charge is -2.11. The fourth-order valence-electron chi connectivity index (χ4n) is 2.13. The first-order chi connectivity index (χ1) is 9.93. The standard InChI is InChI=1S/C17H16N2O/c1-2-6-15(7-3-1)16-8-4-5-9-17(16)20-13-12-19-11-10-18-14-19/h1-11,14H,12-13H2. The van der Waals surface area contributed by atoms with Crippen LogP contribution in [0.2, 0.25) is 0 Å². The minimum Gasteiger partial charge on any atom is -0.491 e. The van der Waals surface area contributed by atoms with Gasteiger partial charge in [0.05, 0.1) is 12.9 Å². The molecule has 20 heavy (non-hydrogen) atoms. The van der Waals surface area contributed by atoms with Crippen LogP contribution in [0.25, 0.3) is 11.1 Å². The van der Waals surface area contributed by atoms with E-state index in [-0.39, 0.29) is 0 Å². The molecule has 3 aromatic rings. The predicted molar refractivity (Wildman–Crippen MR) is 79.6 cm³/mol. The highest BCUT2D eigenvalue weighted by molar-refractivity contribution is 5.70. The van der Waals surface area contributed by atoms with E-state index in [1.807, 2.05) is 47.2 Å². The fourth-order valence-corrected chi connectivity index (χ4v) is 2.13. The first-order valence-electron chi connectivity index (χ1n) is 6.66. The second-order valence-electron chi connectivity index (χ2n) is 4.51. The number of imidazole rings is 1. The lowest BCUT2D eigenvalue weighted by Crippen LogP contribution is -2.06. The van der Waals surface area contributed by atoms with Crippen LogP contribution in [-0.2, 0) is 6.54 Å². The fraction of sp³-hybridized carbons (Fsp3) is 0.118. The maximum absolute atomic E-state index is 5.92. The summed E-state index contributed by atoms with van der Waals surface area (Å²) in [5, 5.41) is 0. The third-order valence-electron chi connectivity index (χ3n) is 3.14. The van der Waals surface area contributed by atoms with Crippen LogP contribution in [0.5, 0.6) is 5.75 Å². The van der Waals surface area contributed by atoms with Gasteiger partial charge in [0.25, 0.3) is 0 Å². The number of aromatic nitrogens is 2. The largest absolute Gasteiger partial charge is 0.491 e. The topological polar surface area (TPSA) is 27.1 Å². The van der Waals surface area contributed by atoms with Gasteiger partial charge in [-0.3, -0.25) is 0 Å². The summed E-state index contributed by atoms with van der Waals surface area (Å²) >= 11 is 0. The molecule has 0 amide bonds. The number of ether oxygens (including phenoxy) is 1. The highest BCUT2D eigenvalue weighted by atomic mass is 16.5. The van der Waals surface area contributed by atoms with Crippen molar-refractivity contribution < 1.29 is 4.74 Å². The number of hydrogen-bond acceptors (Lipinski definition) is 2. The smallest absolute Gasteiger partial charge is 0.127 e. The van der Waals surface area contributed by atoms with Crippen LogP contribution in [0.4, 0.5) is 0 Å². The third kappa shape index (κ3) is 2.88. The quantitative estimate of drug-likeness (QED) is 0.703. The van der Waals surface area contributed by atoms with Crippen molar-refractivity contribution in [2.24, 2.45) is 0 Å². The summed E-state index contributed by atoms with van der Waals surface area (Å²) in [5.41, 5.74) is 2.30. The van der Waals surface area contributed by atoms with Gasteiger partial charge in [-0.15, -0.1) is 0 Å². The Hall–Kier alpha value is -2.55. The molecule has 0 aliphatic rings. The van der Waals surface area contributed by atoms with Gasteiger partial charge in [-0.25, -0.2) is 4.98 Å². The number of nitrogens with zero attached hydrogens (tertiary/aromatic N) is 2. The van der Waals surface area contributed by atoms with Gasteiger partial charge in [-0.1, -0.05) is 48.5 Å². The van der Waals surface area contributed by atoms with E-state index in [1.165, 1.54) is 5.56 Å². The first kappa shape index (κ1) is 12.5. The number of hydrogen-bond donors (Lipinski definition) is 0. The Labute approximate surface area is 118 Å². The first-order valence-corrected chi connectivity index (χ1v) is 6.66. The van der Waals surface area contributed by atoms with Gasteiger partial charge in [0, 0.05) is 18.0 Å². The van der Waals surface area contributed by atoms with Crippen molar-refractivity contribution in [1.29, 1.82) is 0 Å². The van der Waals surface area contributed by atoms with Crippen molar-refractivity contribution in [2.45, 2.75) is 6.54 Å². The molecule has 0 saturated heterocycles. The second-order valence-corrected chi connectivity index (χ2v) is 4.51. The molecule has 0 atom stereocenters. The molecular weight excluding hydrogens is 248 g/mol. The van der Waals surface area contributed by atoms with Gasteiger partial charge >= 0.3 is 0 Å². The van der Waals surface area contributed by atoms with E-state index >= 15 is 0 Å². The van der Waals surface area contributed by atoms with Crippen LogP contribution in [0.1, 0.15) is 0 Å². The molecule has 0 unspecified atom stereocenters. The van der Waals surface area contributed by atoms with Gasteiger partial charge in [0.15, 0.2) is 0 Å². The molecule has 0 fully saturated rings. The van der Waals surface area contributed by atoms with Gasteiger partial charge in [-0.05, 0) is 11.6 Å². The maximum atomic E-state index is 5.92. The molecule has 1 heterocycles. The van der Waals surface area contributed by atoms with Gasteiger partial charge in [-0.2, -0.15) is 0 Å². The molecule has 3 heteroatoms. The summed E-state index contributed by atoms with van der Waals surface area (Å²) < 4.78 is 7.92. The van der Waals surface area contributed by atoms with Gasteiger partial charge in [0.2, 0.25) is 0 Å². The van der Waals surface area contributed by atoms with Crippen LogP contribution in [0, 0.1) is 0 Å². The van der Waals surface area contributed by atoms with Gasteiger partial charge in [0.1, 0.15) is 12.4 Å². The molecule has 2 aromatic carbocycles. The van der Waals surface area contributed by atoms with E-state index in [0.717, 1.165) is 17.9 Å². The van der Waals surface area contributed by atoms with E-state index in [9.17, 15) is 0 Å². The van der Waals surface area contributed by atoms with E-state index in [1.54, 1.807) is 12.5 Å². The molecular formula is C17H16N2O. The molecule has 0 aliphatic carbocycles. The molecule has 0 spiro atoms. The summed E-state index contributed by atoms with van der Waals surface area (Å²) in [6.45, 7) is 1.42. The van der Waals surface area contributed by atoms with E-state index in [0.29, 0.717) is 6.61 Å². The zero-order valence-corrected chi connectivity index (χ0v) is 11.1. The van der Waals surface area contributed by atoms with Gasteiger partial charge < -0.3 is 9.30 Å². The lowest BCUT2D eigenvalue weighted by molar-refractivity contribution is 0.299. The van der Waals surface area contributed by atoms with Crippen molar-refractivity contribution in [1.82, 2.24) is 9.55 Å². The monoisotopic (exact) mass is 264 g/mol. The maximum Gasteiger partial charge on any atom is 0.127 e. The minimum atomic E-state index is 0.625. The van der Waals surface area contributed by atoms with Crippen molar-refractivity contribution >= 4 is 0 Å². The highest BCUT2D eigenvalue weighted by Crippen LogP contribution is 2.29. The summed E-state index contributed by atoms with van der Waals surface area (Å²) in [7, 11) is 0. The number of benzene rings is 2. The highest BCUT2D eigenvalue weighted by Gasteiger charge is 2.04. The summed E-state index contributed by atoms with van der Waals surface area (Å²) in [6.07, 6.45) is 5.51. The summed E-state index contributed by atoms with van der Waals surface area (Å²) in [4.78, 5) is 4.02. The Morgan fingerprint density at radius 2 is 1.75 bits per heavy atom. The van der Waals surface area contributed by atoms with Crippen LogP contribution in [0.3, 0.4) is 0 Å². The van der Waals surface area contributed by atoms with E-state index in [4.69, 9.17) is 4.74 Å². The molecule has 0 radical (unpaired) electrons. The van der Waals surface area contributed by atoms with Crippen LogP contribution in [0.15, 0.2) is 73.3 Å². The Morgan fingerprint density at radius 3 is 2.55 bits per heavy atom. The van der Waals surface area contributed by atoms with Crippen molar-refractivity contribution in [3.05, 3.63) is 73.3 Å². The van der Waals surface area contributed by atoms with Crippen molar-refractivity contribution in [2.75, 3.05) is 6.61 Å². The molecule has 1 aromatic heterocycles. The normalized spacial score (nSPS) is 10.4. The Balaban J connectivity index is 1.73. The van der Waals surface area contributed by atoms with Crippen LogP contribution < -0.4 is 4.74 Å². The average Bonchev–Trinajstić information content (AvgIpc) is 3.02. The number of para-hydroxylation sites is 1. The molecule has 0 bridgehead atoms. The van der Waals surface area contributed by atoms with E-state index < -0.39 is 0 Å². The zero-order valence-electron chi connectivity index (χ0n) is 11.1. The second kappa shape index (κ2) is 6.06. The SMILES string of the molecule is c1ccc(-c2ccccc2OCCn2ccnc2)cc1. The Kier molecular flexibility index (Phi) is 3.78. The molecule has 0 aliphatic heterocycles. The minimum absolute atomic E-state index is 0.625. The molecule has 0 saturated carbocycles. The van der Waals surface area contributed by atoms with E-state index in [2.05, 4.69) is 23.2 Å². The van der Waals surface area contributed by atoms with Crippen LogP contribution in [-0.4, -0.2) is 16.2 Å². The predicted octanol–water partition coefficient (Wildman–Crippen LogP) is 3.63. The molecule has 3 nitrogen and oxygen atoms in total. The summed E-state index contributed by atoms with van der Waals surface area (Å²) in [5.74, 6) is 0.916. The van der Waals surface area contributed by atoms with Crippen molar-refractivity contribution in [3.8, 4) is 16.9 Å². The zero-order chi connectivity index (χ0) is 13.6. The molecule has 0 N–H and O–H groups in total. The number of rotatable bonds is 5. The summed E-state index contributed by atoms with van der Waals surface area (Å²) in [6, 6.07) is 18.4. The Bertz CT molecular complexity index is 648. The molecule has 100 valence electrons. The molecule has 3 rings (SSSR count). The average molecular weight is 264 g/mol. The lowest BCUT2D eigenvalue weighted by atomic mass is 10.1. The van der Waals surface area contributed by atoms with Crippen molar-refractivity contribution in [3.63, 3.8) is 0 Å².